The molecule has 3 rings (SSSR count). The van der Waals surface area contributed by atoms with Gasteiger partial charge in [-0.2, -0.15) is 0 Å². The Bertz CT molecular complexity index is 611. The summed E-state index contributed by atoms with van der Waals surface area (Å²) in [6.45, 7) is 0. The highest BCUT2D eigenvalue weighted by Crippen LogP contribution is 2.35. The Labute approximate surface area is 124 Å². The third-order valence-electron chi connectivity index (χ3n) is 3.34. The van der Waals surface area contributed by atoms with Crippen LogP contribution in [-0.4, -0.2) is 10.9 Å². The van der Waals surface area contributed by atoms with Gasteiger partial charge in [0.05, 0.1) is 5.92 Å². The number of amides is 1. The fraction of sp³-hybridized carbons (Fsp3) is 0.286. The molecule has 0 radical (unpaired) electrons. The van der Waals surface area contributed by atoms with Gasteiger partial charge in [-0.05, 0) is 48.4 Å². The van der Waals surface area contributed by atoms with Crippen LogP contribution >= 0.6 is 27.3 Å². The number of anilines is 1. The average molecular weight is 337 g/mol. The normalized spacial score (nSPS) is 17.8. The molecular weight excluding hydrogens is 324 g/mol. The first-order valence-corrected chi connectivity index (χ1v) is 7.90. The van der Waals surface area contributed by atoms with E-state index in [0.717, 1.165) is 23.7 Å². The summed E-state index contributed by atoms with van der Waals surface area (Å²) >= 11 is 5.13. The average Bonchev–Trinajstić information content (AvgIpc) is 2.86. The van der Waals surface area contributed by atoms with E-state index >= 15 is 0 Å². The van der Waals surface area contributed by atoms with Crippen LogP contribution in [0.1, 0.15) is 29.2 Å². The Morgan fingerprint density at radius 3 is 3.21 bits per heavy atom. The molecule has 0 fully saturated rings. The van der Waals surface area contributed by atoms with Gasteiger partial charge in [0.2, 0.25) is 5.91 Å². The van der Waals surface area contributed by atoms with Crippen LogP contribution in [0.25, 0.3) is 0 Å². The molecule has 0 saturated heterocycles. The lowest BCUT2D eigenvalue weighted by atomic mass is 9.87. The first kappa shape index (κ1) is 12.8. The second kappa shape index (κ2) is 5.43. The van der Waals surface area contributed by atoms with Gasteiger partial charge in [-0.3, -0.25) is 4.79 Å². The number of aryl methyl sites for hydroxylation is 1. The largest absolute Gasteiger partial charge is 0.310 e. The van der Waals surface area contributed by atoms with Crippen LogP contribution in [0, 0.1) is 0 Å². The molecule has 3 nitrogen and oxygen atoms in total. The molecule has 0 spiro atoms. The Morgan fingerprint density at radius 1 is 1.47 bits per heavy atom. The number of thiophene rings is 1. The number of pyridine rings is 1. The lowest BCUT2D eigenvalue weighted by molar-refractivity contribution is -0.117. The molecule has 0 aromatic carbocycles. The number of hydrogen-bond acceptors (Lipinski definition) is 3. The van der Waals surface area contributed by atoms with Gasteiger partial charge in [0.15, 0.2) is 0 Å². The molecule has 1 aliphatic carbocycles. The van der Waals surface area contributed by atoms with Crippen molar-refractivity contribution in [2.75, 3.05) is 5.32 Å². The molecule has 0 aliphatic heterocycles. The van der Waals surface area contributed by atoms with E-state index in [4.69, 9.17) is 0 Å². The van der Waals surface area contributed by atoms with Gasteiger partial charge in [0, 0.05) is 15.5 Å². The minimum Gasteiger partial charge on any atom is -0.310 e. The van der Waals surface area contributed by atoms with Gasteiger partial charge in [-0.15, -0.1) is 11.3 Å². The molecule has 1 N–H and O–H groups in total. The van der Waals surface area contributed by atoms with E-state index in [1.54, 1.807) is 17.5 Å². The van der Waals surface area contributed by atoms with Crippen LogP contribution in [0.4, 0.5) is 5.82 Å². The SMILES string of the molecule is O=C(Nc1cc(Br)ccn1)C1CCCc2sccc21. The summed E-state index contributed by atoms with van der Waals surface area (Å²) < 4.78 is 0.915. The molecule has 1 unspecified atom stereocenters. The number of rotatable bonds is 2. The van der Waals surface area contributed by atoms with Crippen LogP contribution in [0.3, 0.4) is 0 Å². The number of carbonyl (C=O) groups excluding carboxylic acids is 1. The van der Waals surface area contributed by atoms with E-state index in [0.29, 0.717) is 5.82 Å². The fourth-order valence-electron chi connectivity index (χ4n) is 2.45. The van der Waals surface area contributed by atoms with Crippen molar-refractivity contribution in [1.82, 2.24) is 4.98 Å². The lowest BCUT2D eigenvalue weighted by Gasteiger charge is -2.21. The Kier molecular flexibility index (Phi) is 3.66. The Balaban J connectivity index is 1.79. The maximum absolute atomic E-state index is 12.4. The molecule has 0 saturated carbocycles. The number of fused-ring (bicyclic) bond motifs is 1. The summed E-state index contributed by atoms with van der Waals surface area (Å²) in [4.78, 5) is 17.9. The highest BCUT2D eigenvalue weighted by Gasteiger charge is 2.27. The van der Waals surface area contributed by atoms with E-state index in [9.17, 15) is 4.79 Å². The van der Waals surface area contributed by atoms with E-state index in [1.807, 2.05) is 12.1 Å². The van der Waals surface area contributed by atoms with Crippen molar-refractivity contribution in [3.8, 4) is 0 Å². The summed E-state index contributed by atoms with van der Waals surface area (Å²) in [5, 5.41) is 4.98. The van der Waals surface area contributed by atoms with Crippen LogP contribution in [0.15, 0.2) is 34.2 Å². The molecular formula is C14H13BrN2OS. The van der Waals surface area contributed by atoms with Crippen LogP contribution in [-0.2, 0) is 11.2 Å². The highest BCUT2D eigenvalue weighted by atomic mass is 79.9. The number of halogens is 1. The smallest absolute Gasteiger partial charge is 0.233 e. The molecule has 1 atom stereocenters. The third-order valence-corrected chi connectivity index (χ3v) is 4.83. The topological polar surface area (TPSA) is 42.0 Å². The van der Waals surface area contributed by atoms with Gasteiger partial charge in [-0.25, -0.2) is 4.98 Å². The number of carbonyl (C=O) groups is 1. The molecule has 1 amide bonds. The zero-order valence-corrected chi connectivity index (χ0v) is 12.6. The summed E-state index contributed by atoms with van der Waals surface area (Å²) in [5.74, 6) is 0.613. The minimum absolute atomic E-state index is 0.0317. The maximum Gasteiger partial charge on any atom is 0.233 e. The van der Waals surface area contributed by atoms with Gasteiger partial charge < -0.3 is 5.32 Å². The molecule has 1 aliphatic rings. The zero-order valence-electron chi connectivity index (χ0n) is 10.2. The summed E-state index contributed by atoms with van der Waals surface area (Å²) in [5.41, 5.74) is 1.20. The molecule has 98 valence electrons. The van der Waals surface area contributed by atoms with Crippen molar-refractivity contribution in [2.24, 2.45) is 0 Å². The van der Waals surface area contributed by atoms with Crippen molar-refractivity contribution in [3.63, 3.8) is 0 Å². The summed E-state index contributed by atoms with van der Waals surface area (Å²) in [6, 6.07) is 5.74. The molecule has 2 aromatic rings. The first-order chi connectivity index (χ1) is 9.24. The molecule has 2 aromatic heterocycles. The molecule has 5 heteroatoms. The number of aromatic nitrogens is 1. The second-order valence-corrected chi connectivity index (χ2v) is 6.51. The lowest BCUT2D eigenvalue weighted by Crippen LogP contribution is -2.24. The predicted molar refractivity (Wildman–Crippen MR) is 80.6 cm³/mol. The van der Waals surface area contributed by atoms with Crippen molar-refractivity contribution < 1.29 is 4.79 Å². The van der Waals surface area contributed by atoms with Gasteiger partial charge in [-0.1, -0.05) is 15.9 Å². The summed E-state index contributed by atoms with van der Waals surface area (Å²) in [7, 11) is 0. The first-order valence-electron chi connectivity index (χ1n) is 6.23. The van der Waals surface area contributed by atoms with Crippen LogP contribution in [0.2, 0.25) is 0 Å². The number of nitrogens with zero attached hydrogens (tertiary/aromatic N) is 1. The van der Waals surface area contributed by atoms with Crippen molar-refractivity contribution in [1.29, 1.82) is 0 Å². The monoisotopic (exact) mass is 336 g/mol. The van der Waals surface area contributed by atoms with Gasteiger partial charge in [0.25, 0.3) is 0 Å². The van der Waals surface area contributed by atoms with Crippen LogP contribution in [0.5, 0.6) is 0 Å². The van der Waals surface area contributed by atoms with E-state index in [-0.39, 0.29) is 11.8 Å². The van der Waals surface area contributed by atoms with Crippen molar-refractivity contribution in [2.45, 2.75) is 25.2 Å². The predicted octanol–water partition coefficient (Wildman–Crippen LogP) is 3.96. The second-order valence-electron chi connectivity index (χ2n) is 4.59. The van der Waals surface area contributed by atoms with E-state index < -0.39 is 0 Å². The third kappa shape index (κ3) is 2.72. The standard InChI is InChI=1S/C14H13BrN2OS/c15-9-4-6-16-13(8-9)17-14(18)11-2-1-3-12-10(11)5-7-19-12/h4-8,11H,1-3H2,(H,16,17,18). The zero-order chi connectivity index (χ0) is 13.2. The minimum atomic E-state index is -0.0317. The Morgan fingerprint density at radius 2 is 2.37 bits per heavy atom. The quantitative estimate of drug-likeness (QED) is 0.901. The fourth-order valence-corrected chi connectivity index (χ4v) is 3.77. The molecule has 2 heterocycles. The van der Waals surface area contributed by atoms with Gasteiger partial charge in [0.1, 0.15) is 5.82 Å². The van der Waals surface area contributed by atoms with Crippen molar-refractivity contribution in [3.05, 3.63) is 44.7 Å². The maximum atomic E-state index is 12.4. The Hall–Kier alpha value is -1.20. The number of nitrogens with one attached hydrogen (secondary N) is 1. The summed E-state index contributed by atoms with van der Waals surface area (Å²) in [6.07, 6.45) is 4.78. The van der Waals surface area contributed by atoms with Crippen molar-refractivity contribution >= 4 is 39.0 Å². The molecule has 19 heavy (non-hydrogen) atoms. The van der Waals surface area contributed by atoms with Crippen LogP contribution < -0.4 is 5.32 Å². The van der Waals surface area contributed by atoms with E-state index in [2.05, 4.69) is 37.7 Å². The van der Waals surface area contributed by atoms with Gasteiger partial charge >= 0.3 is 0 Å². The molecule has 0 bridgehead atoms. The van der Waals surface area contributed by atoms with E-state index in [1.165, 1.54) is 10.4 Å². The highest BCUT2D eigenvalue weighted by molar-refractivity contribution is 9.10. The number of hydrogen-bond donors (Lipinski definition) is 1.